The van der Waals surface area contributed by atoms with Gasteiger partial charge in [0.2, 0.25) is 0 Å². The van der Waals surface area contributed by atoms with Crippen LogP contribution in [0.1, 0.15) is 29.6 Å². The largest absolute Gasteiger partial charge is 0.371 e. The Morgan fingerprint density at radius 2 is 1.94 bits per heavy atom. The zero-order valence-corrected chi connectivity index (χ0v) is 9.76. The first-order chi connectivity index (χ1) is 7.68. The third kappa shape index (κ3) is 2.30. The third-order valence-corrected chi connectivity index (χ3v) is 3.14. The number of hydrogen-bond acceptors (Lipinski definition) is 2. The van der Waals surface area contributed by atoms with Crippen LogP contribution in [0.15, 0.2) is 18.2 Å². The molecule has 1 aromatic rings. The van der Waals surface area contributed by atoms with Gasteiger partial charge in [-0.1, -0.05) is 11.6 Å². The van der Waals surface area contributed by atoms with Gasteiger partial charge >= 0.3 is 0 Å². The highest BCUT2D eigenvalue weighted by Gasteiger charge is 2.17. The van der Waals surface area contributed by atoms with Crippen LogP contribution < -0.4 is 10.6 Å². The zero-order valence-electron chi connectivity index (χ0n) is 9.00. The summed E-state index contributed by atoms with van der Waals surface area (Å²) in [7, 11) is 0. The maximum Gasteiger partial charge on any atom is 0.271 e. The standard InChI is InChI=1S/C12H14ClN2O/c13-9-4-5-11(10(8-9)12(14)16)15-6-2-1-3-7-15/h4-5,8,14H,1-3,6-7H2. The molecule has 4 heteroatoms. The number of carbonyl (C=O) groups is 1. The molecule has 1 amide bonds. The average molecular weight is 238 g/mol. The van der Waals surface area contributed by atoms with E-state index in [1.165, 1.54) is 6.42 Å². The smallest absolute Gasteiger partial charge is 0.271 e. The van der Waals surface area contributed by atoms with Crippen molar-refractivity contribution >= 4 is 23.2 Å². The van der Waals surface area contributed by atoms with Crippen molar-refractivity contribution in [2.75, 3.05) is 18.0 Å². The first-order valence-electron chi connectivity index (χ1n) is 5.49. The number of hydrogen-bond donors (Lipinski definition) is 0. The lowest BCUT2D eigenvalue weighted by Crippen LogP contribution is -2.30. The number of benzene rings is 1. The van der Waals surface area contributed by atoms with Gasteiger partial charge in [0.25, 0.3) is 5.91 Å². The minimum absolute atomic E-state index is 0.411. The fraction of sp³-hybridized carbons (Fsp3) is 0.417. The van der Waals surface area contributed by atoms with E-state index >= 15 is 0 Å². The summed E-state index contributed by atoms with van der Waals surface area (Å²) in [6.07, 6.45) is 3.54. The highest BCUT2D eigenvalue weighted by molar-refractivity contribution is 6.31. The Bertz CT molecular complexity index is 400. The molecule has 0 aromatic heterocycles. The quantitative estimate of drug-likeness (QED) is 0.794. The second kappa shape index (κ2) is 4.74. The predicted octanol–water partition coefficient (Wildman–Crippen LogP) is 2.75. The molecule has 1 radical (unpaired) electrons. The van der Waals surface area contributed by atoms with Crippen LogP contribution in [-0.4, -0.2) is 19.0 Å². The Hall–Kier alpha value is -1.22. The summed E-state index contributed by atoms with van der Waals surface area (Å²) < 4.78 is 0. The molecule has 2 rings (SSSR count). The summed E-state index contributed by atoms with van der Waals surface area (Å²) in [5.74, 6) is -0.664. The molecular formula is C12H14ClN2O. The summed E-state index contributed by atoms with van der Waals surface area (Å²) >= 11 is 5.85. The van der Waals surface area contributed by atoms with E-state index < -0.39 is 5.91 Å². The van der Waals surface area contributed by atoms with Crippen molar-refractivity contribution in [3.8, 4) is 0 Å². The number of nitrogens with zero attached hydrogens (tertiary/aromatic N) is 1. The molecule has 0 saturated carbocycles. The SMILES string of the molecule is [NH]C(=O)c1cc(Cl)ccc1N1CCCCC1. The van der Waals surface area contributed by atoms with E-state index in [2.05, 4.69) is 4.90 Å². The van der Waals surface area contributed by atoms with Gasteiger partial charge in [0.1, 0.15) is 0 Å². The highest BCUT2D eigenvalue weighted by atomic mass is 35.5. The molecule has 0 unspecified atom stereocenters. The topological polar surface area (TPSA) is 44.1 Å². The molecule has 16 heavy (non-hydrogen) atoms. The number of amides is 1. The molecule has 0 atom stereocenters. The van der Waals surface area contributed by atoms with Gasteiger partial charge in [0.15, 0.2) is 0 Å². The van der Waals surface area contributed by atoms with Crippen LogP contribution in [-0.2, 0) is 0 Å². The van der Waals surface area contributed by atoms with E-state index in [-0.39, 0.29) is 0 Å². The van der Waals surface area contributed by atoms with Crippen molar-refractivity contribution in [2.45, 2.75) is 19.3 Å². The van der Waals surface area contributed by atoms with Gasteiger partial charge < -0.3 is 4.90 Å². The van der Waals surface area contributed by atoms with E-state index in [1.54, 1.807) is 12.1 Å². The van der Waals surface area contributed by atoms with E-state index in [0.717, 1.165) is 31.6 Å². The van der Waals surface area contributed by atoms with E-state index in [0.29, 0.717) is 10.6 Å². The molecule has 0 spiro atoms. The number of nitrogens with one attached hydrogen (secondary N) is 1. The maximum absolute atomic E-state index is 11.2. The van der Waals surface area contributed by atoms with Crippen molar-refractivity contribution < 1.29 is 4.79 Å². The molecule has 1 aliphatic heterocycles. The van der Waals surface area contributed by atoms with Crippen LogP contribution in [0.25, 0.3) is 0 Å². The van der Waals surface area contributed by atoms with Gasteiger partial charge in [-0.25, -0.2) is 0 Å². The number of carbonyl (C=O) groups excluding carboxylic acids is 1. The number of rotatable bonds is 2. The summed E-state index contributed by atoms with van der Waals surface area (Å²) in [4.78, 5) is 13.4. The van der Waals surface area contributed by atoms with Crippen LogP contribution in [0.3, 0.4) is 0 Å². The predicted molar refractivity (Wildman–Crippen MR) is 64.9 cm³/mol. The monoisotopic (exact) mass is 237 g/mol. The van der Waals surface area contributed by atoms with E-state index in [1.807, 2.05) is 6.07 Å². The van der Waals surface area contributed by atoms with Crippen molar-refractivity contribution in [1.82, 2.24) is 5.73 Å². The second-order valence-corrected chi connectivity index (χ2v) is 4.47. The summed E-state index contributed by atoms with van der Waals surface area (Å²) in [6, 6.07) is 5.20. The molecule has 0 aliphatic carbocycles. The summed E-state index contributed by atoms with van der Waals surface area (Å²) in [5, 5.41) is 0.511. The van der Waals surface area contributed by atoms with Gasteiger partial charge in [-0.15, -0.1) is 0 Å². The lowest BCUT2D eigenvalue weighted by molar-refractivity contribution is 0.0992. The van der Waals surface area contributed by atoms with Gasteiger partial charge in [0.05, 0.1) is 5.56 Å². The number of anilines is 1. The zero-order chi connectivity index (χ0) is 11.5. The molecular weight excluding hydrogens is 224 g/mol. The van der Waals surface area contributed by atoms with Crippen molar-refractivity contribution in [3.63, 3.8) is 0 Å². The van der Waals surface area contributed by atoms with Crippen LogP contribution in [0.5, 0.6) is 0 Å². The Labute approximate surface area is 100 Å². The fourth-order valence-electron chi connectivity index (χ4n) is 2.10. The Morgan fingerprint density at radius 1 is 1.25 bits per heavy atom. The number of halogens is 1. The summed E-state index contributed by atoms with van der Waals surface area (Å²) in [5.41, 5.74) is 8.51. The van der Waals surface area contributed by atoms with Gasteiger partial charge in [-0.05, 0) is 37.5 Å². The molecule has 1 aliphatic rings. The average Bonchev–Trinajstić information content (AvgIpc) is 2.30. The molecule has 1 aromatic carbocycles. The van der Waals surface area contributed by atoms with Gasteiger partial charge in [-0.3, -0.25) is 10.5 Å². The van der Waals surface area contributed by atoms with Crippen molar-refractivity contribution in [1.29, 1.82) is 0 Å². The Balaban J connectivity index is 2.34. The molecule has 1 N–H and O–H groups in total. The fourth-order valence-corrected chi connectivity index (χ4v) is 2.27. The molecule has 1 saturated heterocycles. The van der Waals surface area contributed by atoms with Gasteiger partial charge in [0, 0.05) is 23.8 Å². The number of piperidine rings is 1. The highest BCUT2D eigenvalue weighted by Crippen LogP contribution is 2.26. The summed E-state index contributed by atoms with van der Waals surface area (Å²) in [6.45, 7) is 1.92. The molecule has 0 bridgehead atoms. The van der Waals surface area contributed by atoms with Crippen LogP contribution in [0, 0.1) is 0 Å². The molecule has 85 valence electrons. The second-order valence-electron chi connectivity index (χ2n) is 4.04. The minimum atomic E-state index is -0.664. The van der Waals surface area contributed by atoms with Crippen LogP contribution in [0.2, 0.25) is 5.02 Å². The molecule has 3 nitrogen and oxygen atoms in total. The van der Waals surface area contributed by atoms with Crippen LogP contribution in [0.4, 0.5) is 5.69 Å². The first-order valence-corrected chi connectivity index (χ1v) is 5.87. The molecule has 1 fully saturated rings. The Morgan fingerprint density at radius 3 is 2.56 bits per heavy atom. The molecule has 1 heterocycles. The maximum atomic E-state index is 11.2. The lowest BCUT2D eigenvalue weighted by atomic mass is 10.1. The normalized spacial score (nSPS) is 16.2. The van der Waals surface area contributed by atoms with E-state index in [4.69, 9.17) is 17.3 Å². The first kappa shape index (κ1) is 11.3. The lowest BCUT2D eigenvalue weighted by Gasteiger charge is -2.30. The third-order valence-electron chi connectivity index (χ3n) is 2.90. The van der Waals surface area contributed by atoms with E-state index in [9.17, 15) is 4.79 Å². The van der Waals surface area contributed by atoms with Crippen LogP contribution >= 0.6 is 11.6 Å². The van der Waals surface area contributed by atoms with Gasteiger partial charge in [-0.2, -0.15) is 0 Å². The van der Waals surface area contributed by atoms with Crippen molar-refractivity contribution in [3.05, 3.63) is 28.8 Å². The Kier molecular flexibility index (Phi) is 3.34. The van der Waals surface area contributed by atoms with Crippen molar-refractivity contribution in [2.24, 2.45) is 0 Å². The minimum Gasteiger partial charge on any atom is -0.371 e.